The number of benzene rings is 6. The van der Waals surface area contributed by atoms with Crippen LogP contribution in [0.3, 0.4) is 0 Å². The zero-order valence-electron chi connectivity index (χ0n) is 24.1. The van der Waals surface area contributed by atoms with Gasteiger partial charge in [0.05, 0.1) is 22.4 Å². The first-order chi connectivity index (χ1) is 22.3. The van der Waals surface area contributed by atoms with Crippen LogP contribution in [-0.2, 0) is 0 Å². The normalized spacial score (nSPS) is 11.9. The zero-order valence-corrected chi connectivity index (χ0v) is 24.1. The van der Waals surface area contributed by atoms with Crippen molar-refractivity contribution < 1.29 is 9.47 Å². The summed E-state index contributed by atoms with van der Waals surface area (Å²) in [7, 11) is 0. The topological polar surface area (TPSA) is 49.2 Å². The zero-order chi connectivity index (χ0) is 29.7. The van der Waals surface area contributed by atoms with Crippen molar-refractivity contribution in [3.8, 4) is 62.6 Å². The van der Waals surface area contributed by atoms with Gasteiger partial charge in [-0.25, -0.2) is 9.97 Å². The highest BCUT2D eigenvalue weighted by Crippen LogP contribution is 2.46. The molecule has 0 aliphatic carbocycles. The van der Waals surface area contributed by atoms with Gasteiger partial charge in [-0.1, -0.05) is 78.9 Å². The number of para-hydroxylation sites is 4. The van der Waals surface area contributed by atoms with Crippen LogP contribution in [0, 0.1) is 0 Å². The van der Waals surface area contributed by atoms with Gasteiger partial charge in [0.25, 0.3) is 0 Å². The highest BCUT2D eigenvalue weighted by molar-refractivity contribution is 6.09. The van der Waals surface area contributed by atoms with Crippen molar-refractivity contribution in [2.24, 2.45) is 0 Å². The smallest absolute Gasteiger partial charge is 0.170 e. The van der Waals surface area contributed by atoms with Crippen LogP contribution < -0.4 is 9.47 Å². The van der Waals surface area contributed by atoms with Crippen LogP contribution in [0.2, 0.25) is 0 Å². The predicted octanol–water partition coefficient (Wildman–Crippen LogP) is 10.5. The third-order valence-corrected chi connectivity index (χ3v) is 8.29. The number of hydrogen-bond acceptors (Lipinski definition) is 4. The molecule has 1 aliphatic rings. The van der Waals surface area contributed by atoms with E-state index in [-0.39, 0.29) is 0 Å². The summed E-state index contributed by atoms with van der Waals surface area (Å²) < 4.78 is 14.6. The Kier molecular flexibility index (Phi) is 5.74. The number of aromatic nitrogens is 3. The molecule has 0 bridgehead atoms. The van der Waals surface area contributed by atoms with Gasteiger partial charge < -0.3 is 14.0 Å². The quantitative estimate of drug-likeness (QED) is 0.208. The monoisotopic (exact) mass is 579 g/mol. The highest BCUT2D eigenvalue weighted by Gasteiger charge is 2.20. The van der Waals surface area contributed by atoms with Crippen LogP contribution in [0.25, 0.3) is 61.4 Å². The van der Waals surface area contributed by atoms with E-state index in [2.05, 4.69) is 89.5 Å². The van der Waals surface area contributed by atoms with Crippen molar-refractivity contribution in [1.29, 1.82) is 0 Å². The number of nitrogens with zero attached hydrogens (tertiary/aromatic N) is 3. The molecule has 2 aromatic heterocycles. The molecule has 0 saturated carbocycles. The molecule has 212 valence electrons. The van der Waals surface area contributed by atoms with Crippen molar-refractivity contribution in [2.75, 3.05) is 0 Å². The van der Waals surface area contributed by atoms with Gasteiger partial charge >= 0.3 is 0 Å². The van der Waals surface area contributed by atoms with Crippen LogP contribution >= 0.6 is 0 Å². The minimum atomic E-state index is 0.653. The van der Waals surface area contributed by atoms with Gasteiger partial charge in [-0.05, 0) is 72.8 Å². The third kappa shape index (κ3) is 4.33. The summed E-state index contributed by atoms with van der Waals surface area (Å²) in [5.41, 5.74) is 7.97. The highest BCUT2D eigenvalue weighted by atomic mass is 16.6. The summed E-state index contributed by atoms with van der Waals surface area (Å²) in [5.74, 6) is 3.39. The molecule has 3 heterocycles. The Morgan fingerprint density at radius 1 is 0.400 bits per heavy atom. The first-order valence-corrected chi connectivity index (χ1v) is 14.9. The lowest BCUT2D eigenvalue weighted by molar-refractivity contribution is 0.360. The Labute approximate surface area is 259 Å². The fourth-order valence-electron chi connectivity index (χ4n) is 6.13. The van der Waals surface area contributed by atoms with Crippen molar-refractivity contribution in [3.63, 3.8) is 0 Å². The summed E-state index contributed by atoms with van der Waals surface area (Å²) in [6, 6.07) is 51.5. The molecule has 5 heteroatoms. The third-order valence-electron chi connectivity index (χ3n) is 8.29. The first kappa shape index (κ1) is 25.3. The van der Waals surface area contributed by atoms with Gasteiger partial charge in [-0.15, -0.1) is 0 Å². The molecule has 8 aromatic rings. The average molecular weight is 580 g/mol. The Hall–Kier alpha value is -6.20. The fraction of sp³-hybridized carbons (Fsp3) is 0. The van der Waals surface area contributed by atoms with Gasteiger partial charge in [0.15, 0.2) is 28.8 Å². The van der Waals surface area contributed by atoms with Crippen LogP contribution in [0.15, 0.2) is 152 Å². The number of fused-ring (bicyclic) bond motifs is 5. The minimum Gasteiger partial charge on any atom is -0.450 e. The molecular formula is C40H25N3O2. The molecule has 0 saturated heterocycles. The van der Waals surface area contributed by atoms with E-state index in [0.29, 0.717) is 28.8 Å². The maximum Gasteiger partial charge on any atom is 0.170 e. The SMILES string of the molecule is c1ccc(-c2cc(-c3ccc4c(c3)Oc3ccccc3O4)nc(-c3ccc(-n4c5ccccc5c5ccccc54)cc3)n2)cc1. The second-order valence-electron chi connectivity index (χ2n) is 11.1. The fourth-order valence-corrected chi connectivity index (χ4v) is 6.13. The summed E-state index contributed by atoms with van der Waals surface area (Å²) in [4.78, 5) is 10.1. The number of hydrogen-bond donors (Lipinski definition) is 0. The molecular weight excluding hydrogens is 554 g/mol. The van der Waals surface area contributed by atoms with E-state index in [4.69, 9.17) is 19.4 Å². The van der Waals surface area contributed by atoms with Gasteiger partial charge in [-0.2, -0.15) is 0 Å². The molecule has 5 nitrogen and oxygen atoms in total. The summed E-state index contributed by atoms with van der Waals surface area (Å²) in [6.07, 6.45) is 0. The van der Waals surface area contributed by atoms with E-state index in [0.717, 1.165) is 33.8 Å². The average Bonchev–Trinajstić information content (AvgIpc) is 3.45. The maximum absolute atomic E-state index is 6.21. The van der Waals surface area contributed by atoms with E-state index >= 15 is 0 Å². The molecule has 45 heavy (non-hydrogen) atoms. The standard InChI is InChI=1S/C40H25N3O2/c1-2-10-26(11-3-1)32-25-33(28-20-23-38-39(24-28)45-37-17-9-8-16-36(37)44-38)42-40(41-32)27-18-21-29(22-19-27)43-34-14-6-4-12-30(34)31-13-5-7-15-35(31)43/h1-25H. The Bertz CT molecular complexity index is 2320. The molecule has 0 N–H and O–H groups in total. The summed E-state index contributed by atoms with van der Waals surface area (Å²) in [6.45, 7) is 0. The van der Waals surface area contributed by atoms with Gasteiger partial charge in [0.1, 0.15) is 0 Å². The molecule has 0 radical (unpaired) electrons. The van der Waals surface area contributed by atoms with E-state index in [1.165, 1.54) is 21.8 Å². The first-order valence-electron chi connectivity index (χ1n) is 14.9. The molecule has 1 aliphatic heterocycles. The molecule has 0 spiro atoms. The Morgan fingerprint density at radius 3 is 1.62 bits per heavy atom. The lowest BCUT2D eigenvalue weighted by Gasteiger charge is -2.21. The van der Waals surface area contributed by atoms with Crippen LogP contribution in [0.4, 0.5) is 0 Å². The molecule has 6 aromatic carbocycles. The lowest BCUT2D eigenvalue weighted by atomic mass is 10.1. The maximum atomic E-state index is 6.21. The van der Waals surface area contributed by atoms with Crippen molar-refractivity contribution in [2.45, 2.75) is 0 Å². The van der Waals surface area contributed by atoms with Crippen molar-refractivity contribution in [3.05, 3.63) is 152 Å². The lowest BCUT2D eigenvalue weighted by Crippen LogP contribution is -2.00. The largest absolute Gasteiger partial charge is 0.450 e. The molecule has 9 rings (SSSR count). The van der Waals surface area contributed by atoms with Crippen LogP contribution in [0.1, 0.15) is 0 Å². The summed E-state index contributed by atoms with van der Waals surface area (Å²) in [5, 5.41) is 2.48. The predicted molar refractivity (Wildman–Crippen MR) is 179 cm³/mol. The second kappa shape index (κ2) is 10.2. The Balaban J connectivity index is 1.15. The molecule has 0 amide bonds. The van der Waals surface area contributed by atoms with E-state index in [1.807, 2.05) is 66.7 Å². The minimum absolute atomic E-state index is 0.653. The number of ether oxygens (including phenoxy) is 2. The van der Waals surface area contributed by atoms with E-state index in [1.54, 1.807) is 0 Å². The van der Waals surface area contributed by atoms with E-state index < -0.39 is 0 Å². The summed E-state index contributed by atoms with van der Waals surface area (Å²) >= 11 is 0. The number of rotatable bonds is 4. The van der Waals surface area contributed by atoms with Crippen molar-refractivity contribution >= 4 is 21.8 Å². The van der Waals surface area contributed by atoms with Crippen LogP contribution in [-0.4, -0.2) is 14.5 Å². The van der Waals surface area contributed by atoms with Crippen molar-refractivity contribution in [1.82, 2.24) is 14.5 Å². The van der Waals surface area contributed by atoms with Gasteiger partial charge in [0, 0.05) is 33.2 Å². The van der Waals surface area contributed by atoms with Crippen LogP contribution in [0.5, 0.6) is 23.0 Å². The van der Waals surface area contributed by atoms with Gasteiger partial charge in [-0.3, -0.25) is 0 Å². The Morgan fingerprint density at radius 2 is 0.933 bits per heavy atom. The van der Waals surface area contributed by atoms with Gasteiger partial charge in [0.2, 0.25) is 0 Å². The second-order valence-corrected chi connectivity index (χ2v) is 11.1. The van der Waals surface area contributed by atoms with E-state index in [9.17, 15) is 0 Å². The molecule has 0 unspecified atom stereocenters. The molecule has 0 atom stereocenters. The molecule has 0 fully saturated rings.